The van der Waals surface area contributed by atoms with E-state index in [1.165, 1.54) is 10.5 Å². The van der Waals surface area contributed by atoms with E-state index >= 15 is 0 Å². The number of hydrogen-bond donors (Lipinski definition) is 0. The Morgan fingerprint density at radius 2 is 1.80 bits per heavy atom. The molecule has 6 nitrogen and oxygen atoms in total. The molecule has 0 saturated carbocycles. The van der Waals surface area contributed by atoms with Gasteiger partial charge in [0.15, 0.2) is 6.29 Å². The zero-order valence-corrected chi connectivity index (χ0v) is 27.5. The summed E-state index contributed by atoms with van der Waals surface area (Å²) < 4.78 is 32.0. The fourth-order valence-corrected chi connectivity index (χ4v) is 7.95. The molecule has 0 aliphatic carbocycles. The van der Waals surface area contributed by atoms with Crippen LogP contribution in [0.1, 0.15) is 81.6 Å². The first kappa shape index (κ1) is 32.1. The number of rotatable bonds is 2. The number of thiophene rings is 1. The Labute approximate surface area is 271 Å². The molecule has 0 amide bonds. The van der Waals surface area contributed by atoms with E-state index in [0.717, 1.165) is 42.4 Å². The van der Waals surface area contributed by atoms with Crippen molar-refractivity contribution >= 4 is 29.5 Å². The highest BCUT2D eigenvalue weighted by Crippen LogP contribution is 2.38. The molecule has 0 spiro atoms. The van der Waals surface area contributed by atoms with E-state index in [9.17, 15) is 4.79 Å². The summed E-state index contributed by atoms with van der Waals surface area (Å²) in [6.07, 6.45) is 13.6. The first-order valence-electron chi connectivity index (χ1n) is 16.4. The molecule has 45 heavy (non-hydrogen) atoms. The van der Waals surface area contributed by atoms with Gasteiger partial charge in [-0.15, -0.1) is 11.3 Å². The van der Waals surface area contributed by atoms with Crippen LogP contribution < -0.4 is 0 Å². The monoisotopic (exact) mass is 630 g/mol. The van der Waals surface area contributed by atoms with E-state index in [4.69, 9.17) is 23.7 Å². The number of hydrogen-bond acceptors (Lipinski definition) is 7. The highest BCUT2D eigenvalue weighted by molar-refractivity contribution is 7.10. The fraction of sp³-hybridized carbons (Fsp3) is 0.500. The molecular weight excluding hydrogens is 584 g/mol. The average Bonchev–Trinajstić information content (AvgIpc) is 3.53. The third kappa shape index (κ3) is 8.13. The molecule has 1 aromatic carbocycles. The maximum atomic E-state index is 13.2. The van der Waals surface area contributed by atoms with Crippen molar-refractivity contribution in [2.24, 2.45) is 11.8 Å². The van der Waals surface area contributed by atoms with Crippen LogP contribution in [0, 0.1) is 11.8 Å². The maximum absolute atomic E-state index is 13.2. The lowest BCUT2D eigenvalue weighted by Gasteiger charge is -2.44. The topological polar surface area (TPSA) is 63.2 Å². The summed E-state index contributed by atoms with van der Waals surface area (Å²) in [7, 11) is 0. The normalized spacial score (nSPS) is 36.3. The van der Waals surface area contributed by atoms with E-state index in [2.05, 4.69) is 87.4 Å². The van der Waals surface area contributed by atoms with E-state index in [1.54, 1.807) is 17.4 Å². The number of benzene rings is 1. The van der Waals surface area contributed by atoms with Gasteiger partial charge in [0.25, 0.3) is 0 Å². The number of ether oxygens (including phenoxy) is 5. The van der Waals surface area contributed by atoms with Gasteiger partial charge in [0.1, 0.15) is 6.10 Å². The molecule has 2 aromatic rings. The number of fused-ring (bicyclic) bond motifs is 9. The maximum Gasteiger partial charge on any atom is 0.330 e. The standard InChI is InChI=1S/C38H46O6S/c1-24-19-30-12-7-15-35(39)44-37-26(3)34(43-36(27(37)4)25(2)21-33-13-8-18-45-33)14-6-10-28-9-5-11-29(22-28)38-40-17-16-31(42-38)23-32(20-24)41-30/h5-11,13,15,18,21-22,26-27,30-32,34,36-38H,1,12,14,16-17,19-20,23H2,2-4H3/b10-6+,15-7-,25-21+/t26-,27-,30+,31?,32-,34-,36+,37-,38+/m0/s1. The van der Waals surface area contributed by atoms with Gasteiger partial charge in [-0.2, -0.15) is 0 Å². The molecule has 5 heterocycles. The first-order chi connectivity index (χ1) is 21.8. The highest BCUT2D eigenvalue weighted by Gasteiger charge is 2.43. The highest BCUT2D eigenvalue weighted by atomic mass is 32.1. The van der Waals surface area contributed by atoms with E-state index in [-0.39, 0.29) is 54.4 Å². The Kier molecular flexibility index (Phi) is 10.5. The molecule has 4 aliphatic rings. The molecule has 0 radical (unpaired) electrons. The third-order valence-electron chi connectivity index (χ3n) is 9.52. The summed E-state index contributed by atoms with van der Waals surface area (Å²) >= 11 is 1.70. The van der Waals surface area contributed by atoms with Crippen LogP contribution in [-0.2, 0) is 28.5 Å². The van der Waals surface area contributed by atoms with Gasteiger partial charge < -0.3 is 23.7 Å². The van der Waals surface area contributed by atoms with Crippen molar-refractivity contribution in [2.45, 2.75) is 102 Å². The second-order valence-corrected chi connectivity index (χ2v) is 14.1. The van der Waals surface area contributed by atoms with Gasteiger partial charge in [-0.25, -0.2) is 4.79 Å². The van der Waals surface area contributed by atoms with Crippen molar-refractivity contribution in [1.82, 2.24) is 0 Å². The summed E-state index contributed by atoms with van der Waals surface area (Å²) in [5, 5.41) is 2.08. The number of esters is 1. The minimum absolute atomic E-state index is 0.00259. The van der Waals surface area contributed by atoms with Crippen LogP contribution in [0.3, 0.4) is 0 Å². The molecule has 0 N–H and O–H groups in total. The summed E-state index contributed by atoms with van der Waals surface area (Å²) in [5.74, 6) is -0.304. The molecule has 8 bridgehead atoms. The van der Waals surface area contributed by atoms with Gasteiger partial charge in [0, 0.05) is 34.8 Å². The Hall–Kier alpha value is -2.81. The van der Waals surface area contributed by atoms with Crippen LogP contribution >= 0.6 is 11.3 Å². The van der Waals surface area contributed by atoms with Crippen molar-refractivity contribution < 1.29 is 28.5 Å². The average molecular weight is 631 g/mol. The van der Waals surface area contributed by atoms with Crippen molar-refractivity contribution in [3.05, 3.63) is 93.7 Å². The molecule has 3 saturated heterocycles. The van der Waals surface area contributed by atoms with Crippen LogP contribution in [0.5, 0.6) is 0 Å². The Balaban J connectivity index is 1.28. The summed E-state index contributed by atoms with van der Waals surface area (Å²) in [4.78, 5) is 14.4. The molecular formula is C38H46O6S. The molecule has 1 unspecified atom stereocenters. The second kappa shape index (κ2) is 14.7. The summed E-state index contributed by atoms with van der Waals surface area (Å²) in [5.41, 5.74) is 4.41. The predicted octanol–water partition coefficient (Wildman–Crippen LogP) is 8.46. The Morgan fingerprint density at radius 1 is 0.956 bits per heavy atom. The van der Waals surface area contributed by atoms with Gasteiger partial charge >= 0.3 is 5.97 Å². The second-order valence-electron chi connectivity index (χ2n) is 13.1. The van der Waals surface area contributed by atoms with Crippen molar-refractivity contribution in [1.29, 1.82) is 0 Å². The van der Waals surface area contributed by atoms with Crippen molar-refractivity contribution in [2.75, 3.05) is 6.61 Å². The van der Waals surface area contributed by atoms with Crippen LogP contribution in [0.25, 0.3) is 12.2 Å². The van der Waals surface area contributed by atoms with E-state index in [0.29, 0.717) is 19.4 Å². The van der Waals surface area contributed by atoms with Gasteiger partial charge in [0.05, 0.1) is 37.1 Å². The van der Waals surface area contributed by atoms with Gasteiger partial charge in [-0.3, -0.25) is 0 Å². The lowest BCUT2D eigenvalue weighted by Crippen LogP contribution is -2.50. The smallest absolute Gasteiger partial charge is 0.330 e. The van der Waals surface area contributed by atoms with Gasteiger partial charge in [-0.05, 0) is 73.8 Å². The SMILES string of the molecule is C=C1C[C@H]2C/C=C\C(=O)O[C@H]3[C@@H](C)[C@H](C/C=C/c4cccc(c4)[C@@H]4OCCC(C[C@H](C1)O2)O4)O[C@H](/C(C)=C/c1cccs1)[C@@H]3C. The Bertz CT molecular complexity index is 1410. The van der Waals surface area contributed by atoms with Crippen LogP contribution in [-0.4, -0.2) is 49.2 Å². The minimum atomic E-state index is -0.400. The van der Waals surface area contributed by atoms with Crippen LogP contribution in [0.2, 0.25) is 0 Å². The molecule has 240 valence electrons. The third-order valence-corrected chi connectivity index (χ3v) is 10.3. The van der Waals surface area contributed by atoms with Gasteiger partial charge in [0.2, 0.25) is 0 Å². The zero-order chi connectivity index (χ0) is 31.3. The first-order valence-corrected chi connectivity index (χ1v) is 17.3. The zero-order valence-electron chi connectivity index (χ0n) is 26.6. The number of carbonyl (C=O) groups is 1. The van der Waals surface area contributed by atoms with Gasteiger partial charge in [-0.1, -0.05) is 68.5 Å². The molecule has 4 aliphatic heterocycles. The van der Waals surface area contributed by atoms with Crippen molar-refractivity contribution in [3.63, 3.8) is 0 Å². The predicted molar refractivity (Wildman–Crippen MR) is 179 cm³/mol. The quantitative estimate of drug-likeness (QED) is 0.245. The van der Waals surface area contributed by atoms with Crippen LogP contribution in [0.15, 0.2) is 77.7 Å². The molecule has 3 fully saturated rings. The largest absolute Gasteiger partial charge is 0.458 e. The molecule has 1 aromatic heterocycles. The summed E-state index contributed by atoms with van der Waals surface area (Å²) in [6.45, 7) is 11.3. The minimum Gasteiger partial charge on any atom is -0.458 e. The van der Waals surface area contributed by atoms with E-state index < -0.39 is 6.29 Å². The summed E-state index contributed by atoms with van der Waals surface area (Å²) in [6, 6.07) is 12.5. The lowest BCUT2D eigenvalue weighted by atomic mass is 9.79. The molecule has 7 heteroatoms. The van der Waals surface area contributed by atoms with Crippen molar-refractivity contribution in [3.8, 4) is 0 Å². The number of carbonyl (C=O) groups excluding carboxylic acids is 1. The lowest BCUT2D eigenvalue weighted by molar-refractivity contribution is -0.225. The fourth-order valence-electron chi connectivity index (χ4n) is 7.23. The Morgan fingerprint density at radius 3 is 2.64 bits per heavy atom. The molecule has 6 rings (SSSR count). The van der Waals surface area contributed by atoms with E-state index in [1.807, 2.05) is 6.08 Å². The van der Waals surface area contributed by atoms with Crippen LogP contribution in [0.4, 0.5) is 0 Å². The molecule has 9 atom stereocenters.